The van der Waals surface area contributed by atoms with Gasteiger partial charge in [0.1, 0.15) is 12.4 Å². The van der Waals surface area contributed by atoms with Crippen LogP contribution in [-0.2, 0) is 23.1 Å². The van der Waals surface area contributed by atoms with E-state index in [2.05, 4.69) is 25.4 Å². The van der Waals surface area contributed by atoms with Gasteiger partial charge < -0.3 is 24.4 Å². The number of piperazine rings is 1. The van der Waals surface area contributed by atoms with Crippen molar-refractivity contribution < 1.29 is 9.53 Å². The summed E-state index contributed by atoms with van der Waals surface area (Å²) in [5.74, 6) is 1.81. The van der Waals surface area contributed by atoms with Gasteiger partial charge in [0.15, 0.2) is 11.8 Å². The van der Waals surface area contributed by atoms with Gasteiger partial charge >= 0.3 is 0 Å². The lowest BCUT2D eigenvalue weighted by molar-refractivity contribution is -0.142. The van der Waals surface area contributed by atoms with Crippen LogP contribution < -0.4 is 5.32 Å². The molecule has 0 spiro atoms. The molecule has 3 heterocycles. The van der Waals surface area contributed by atoms with Crippen molar-refractivity contribution in [3.05, 3.63) is 12.2 Å². The number of rotatable bonds is 3. The minimum atomic E-state index is -0.232. The van der Waals surface area contributed by atoms with Crippen molar-refractivity contribution >= 4 is 11.9 Å². The Labute approximate surface area is 141 Å². The number of carbonyl (C=O) groups excluding carboxylic acids is 1. The normalized spacial score (nSPS) is 22.1. The lowest BCUT2D eigenvalue weighted by Crippen LogP contribution is -2.55. The van der Waals surface area contributed by atoms with Crippen molar-refractivity contribution in [2.75, 3.05) is 39.8 Å². The molecular formula is C15H25N7O2. The van der Waals surface area contributed by atoms with E-state index >= 15 is 0 Å². The van der Waals surface area contributed by atoms with Gasteiger partial charge in [-0.15, -0.1) is 10.2 Å². The Kier molecular flexibility index (Phi) is 5.29. The zero-order valence-corrected chi connectivity index (χ0v) is 14.3. The summed E-state index contributed by atoms with van der Waals surface area (Å²) in [6.45, 7) is 4.19. The highest BCUT2D eigenvalue weighted by atomic mass is 16.5. The van der Waals surface area contributed by atoms with Gasteiger partial charge in [-0.2, -0.15) is 0 Å². The summed E-state index contributed by atoms with van der Waals surface area (Å²) < 4.78 is 7.37. The molecule has 2 aliphatic heterocycles. The maximum absolute atomic E-state index is 12.4. The molecule has 1 N–H and O–H groups in total. The fourth-order valence-electron chi connectivity index (χ4n) is 3.07. The Balaban J connectivity index is 1.49. The van der Waals surface area contributed by atoms with E-state index in [9.17, 15) is 4.79 Å². The van der Waals surface area contributed by atoms with Crippen molar-refractivity contribution in [1.82, 2.24) is 29.9 Å². The second-order valence-electron chi connectivity index (χ2n) is 6.07. The zero-order chi connectivity index (χ0) is 16.9. The Morgan fingerprint density at radius 2 is 2.12 bits per heavy atom. The molecule has 132 valence electrons. The minimum absolute atomic E-state index is 0.134. The first-order valence-electron chi connectivity index (χ1n) is 8.38. The van der Waals surface area contributed by atoms with Crippen molar-refractivity contribution in [3.63, 3.8) is 0 Å². The first-order valence-corrected chi connectivity index (χ1v) is 8.38. The monoisotopic (exact) mass is 335 g/mol. The smallest absolute Gasteiger partial charge is 0.251 e. The third kappa shape index (κ3) is 3.66. The average molecular weight is 335 g/mol. The molecule has 1 atom stereocenters. The number of aryl methyl sites for hydroxylation is 1. The van der Waals surface area contributed by atoms with Gasteiger partial charge in [-0.25, -0.2) is 0 Å². The Morgan fingerprint density at radius 1 is 1.38 bits per heavy atom. The number of amides is 1. The molecule has 2 aliphatic rings. The molecule has 9 heteroatoms. The molecule has 0 saturated carbocycles. The van der Waals surface area contributed by atoms with Crippen LogP contribution in [-0.4, -0.2) is 82.4 Å². The van der Waals surface area contributed by atoms with Crippen LogP contribution in [0.1, 0.15) is 18.7 Å². The second-order valence-corrected chi connectivity index (χ2v) is 6.07. The minimum Gasteiger partial charge on any atom is -0.368 e. The van der Waals surface area contributed by atoms with Gasteiger partial charge in [-0.3, -0.25) is 9.79 Å². The van der Waals surface area contributed by atoms with E-state index in [1.165, 1.54) is 0 Å². The summed E-state index contributed by atoms with van der Waals surface area (Å²) in [5, 5.41) is 11.2. The van der Waals surface area contributed by atoms with E-state index in [0.29, 0.717) is 26.2 Å². The van der Waals surface area contributed by atoms with Crippen LogP contribution in [0, 0.1) is 0 Å². The third-order valence-electron chi connectivity index (χ3n) is 4.52. The van der Waals surface area contributed by atoms with Crippen molar-refractivity contribution in [3.8, 4) is 0 Å². The maximum atomic E-state index is 12.4. The first kappa shape index (κ1) is 16.7. The zero-order valence-electron chi connectivity index (χ0n) is 14.3. The average Bonchev–Trinajstić information content (AvgIpc) is 3.27. The number of hydrogen-bond acceptors (Lipinski definition) is 5. The van der Waals surface area contributed by atoms with Crippen LogP contribution in [0.25, 0.3) is 0 Å². The van der Waals surface area contributed by atoms with Crippen molar-refractivity contribution in [2.24, 2.45) is 12.0 Å². The summed E-state index contributed by atoms with van der Waals surface area (Å²) in [4.78, 5) is 20.8. The van der Waals surface area contributed by atoms with Crippen LogP contribution >= 0.6 is 0 Å². The van der Waals surface area contributed by atoms with E-state index < -0.39 is 0 Å². The molecule has 1 aromatic rings. The molecule has 2 saturated heterocycles. The predicted octanol–water partition coefficient (Wildman–Crippen LogP) is -0.786. The molecule has 1 amide bonds. The largest absolute Gasteiger partial charge is 0.368 e. The molecule has 0 bridgehead atoms. The van der Waals surface area contributed by atoms with Crippen LogP contribution in [0.4, 0.5) is 0 Å². The summed E-state index contributed by atoms with van der Waals surface area (Å²) in [7, 11) is 3.68. The predicted molar refractivity (Wildman–Crippen MR) is 88.3 cm³/mol. The fraction of sp³-hybridized carbons (Fsp3) is 0.733. The number of aliphatic imine (C=N–C) groups is 1. The van der Waals surface area contributed by atoms with E-state index in [4.69, 9.17) is 4.74 Å². The topological polar surface area (TPSA) is 87.9 Å². The lowest BCUT2D eigenvalue weighted by Gasteiger charge is -2.37. The van der Waals surface area contributed by atoms with Gasteiger partial charge in [-0.05, 0) is 12.8 Å². The standard InChI is InChI=1S/C15H25N7O2/c1-16-15(17-10-13-19-18-11-20(13)2)22-7-5-21(6-8-22)14(23)12-4-3-9-24-12/h11-12H,3-10H2,1-2H3,(H,16,17). The van der Waals surface area contributed by atoms with Crippen molar-refractivity contribution in [1.29, 1.82) is 0 Å². The van der Waals surface area contributed by atoms with Crippen molar-refractivity contribution in [2.45, 2.75) is 25.5 Å². The lowest BCUT2D eigenvalue weighted by atomic mass is 10.2. The van der Waals surface area contributed by atoms with Gasteiger partial charge in [-0.1, -0.05) is 0 Å². The summed E-state index contributed by atoms with van der Waals surface area (Å²) in [6.07, 6.45) is 3.27. The van der Waals surface area contributed by atoms with Gasteiger partial charge in [0.2, 0.25) is 0 Å². The third-order valence-corrected chi connectivity index (χ3v) is 4.52. The highest BCUT2D eigenvalue weighted by Crippen LogP contribution is 2.16. The second kappa shape index (κ2) is 7.61. The SMILES string of the molecule is CN=C(NCc1nncn1C)N1CCN(C(=O)C2CCCO2)CC1. The van der Waals surface area contributed by atoms with Crippen LogP contribution in [0.2, 0.25) is 0 Å². The summed E-state index contributed by atoms with van der Waals surface area (Å²) in [6, 6.07) is 0. The van der Waals surface area contributed by atoms with Gasteiger partial charge in [0.25, 0.3) is 5.91 Å². The number of carbonyl (C=O) groups is 1. The molecule has 24 heavy (non-hydrogen) atoms. The Morgan fingerprint density at radius 3 is 2.71 bits per heavy atom. The van der Waals surface area contributed by atoms with E-state index in [1.807, 2.05) is 16.5 Å². The number of aromatic nitrogens is 3. The molecule has 0 aliphatic carbocycles. The molecule has 0 aromatic carbocycles. The Hall–Kier alpha value is -2.16. The molecule has 9 nitrogen and oxygen atoms in total. The van der Waals surface area contributed by atoms with Crippen LogP contribution in [0.15, 0.2) is 11.3 Å². The van der Waals surface area contributed by atoms with Gasteiger partial charge in [0.05, 0.1) is 6.54 Å². The number of hydrogen-bond donors (Lipinski definition) is 1. The molecule has 3 rings (SSSR count). The van der Waals surface area contributed by atoms with E-state index in [1.54, 1.807) is 13.4 Å². The van der Waals surface area contributed by atoms with E-state index in [-0.39, 0.29) is 12.0 Å². The summed E-state index contributed by atoms with van der Waals surface area (Å²) in [5.41, 5.74) is 0. The number of nitrogens with zero attached hydrogens (tertiary/aromatic N) is 6. The molecule has 2 fully saturated rings. The number of guanidine groups is 1. The number of nitrogens with one attached hydrogen (secondary N) is 1. The van der Waals surface area contributed by atoms with E-state index in [0.717, 1.165) is 37.7 Å². The van der Waals surface area contributed by atoms with Crippen LogP contribution in [0.5, 0.6) is 0 Å². The molecule has 1 aromatic heterocycles. The quantitative estimate of drug-likeness (QED) is 0.576. The fourth-order valence-corrected chi connectivity index (χ4v) is 3.07. The first-order chi connectivity index (χ1) is 11.7. The summed E-state index contributed by atoms with van der Waals surface area (Å²) >= 11 is 0. The Bertz CT molecular complexity index is 586. The van der Waals surface area contributed by atoms with Gasteiger partial charge in [0, 0.05) is 46.9 Å². The number of ether oxygens (including phenoxy) is 1. The molecule has 0 radical (unpaired) electrons. The highest BCUT2D eigenvalue weighted by Gasteiger charge is 2.30. The maximum Gasteiger partial charge on any atom is 0.251 e. The highest BCUT2D eigenvalue weighted by molar-refractivity contribution is 5.82. The molecule has 1 unspecified atom stereocenters. The van der Waals surface area contributed by atoms with Crippen LogP contribution in [0.3, 0.4) is 0 Å². The molecular weight excluding hydrogens is 310 g/mol.